The summed E-state index contributed by atoms with van der Waals surface area (Å²) >= 11 is 0. The van der Waals surface area contributed by atoms with Crippen molar-refractivity contribution in [1.29, 1.82) is 0 Å². The number of hydrogen-bond acceptors (Lipinski definition) is 3. The topological polar surface area (TPSA) is 74.7 Å². The van der Waals surface area contributed by atoms with Crippen LogP contribution in [0.25, 0.3) is 0 Å². The number of aliphatic carboxylic acids is 1. The Balaban J connectivity index is 2.72. The molecule has 1 heterocycles. The normalized spacial score (nSPS) is 20.9. The summed E-state index contributed by atoms with van der Waals surface area (Å²) in [6.07, 6.45) is 1.22. The van der Waals surface area contributed by atoms with E-state index in [9.17, 15) is 14.4 Å². The van der Waals surface area contributed by atoms with Crippen LogP contribution in [0.3, 0.4) is 0 Å². The van der Waals surface area contributed by atoms with Gasteiger partial charge in [-0.15, -0.1) is 0 Å². The van der Waals surface area contributed by atoms with Gasteiger partial charge in [0.2, 0.25) is 5.78 Å². The van der Waals surface area contributed by atoms with Crippen molar-refractivity contribution in [3.8, 4) is 0 Å². The van der Waals surface area contributed by atoms with Crippen molar-refractivity contribution >= 4 is 17.7 Å². The van der Waals surface area contributed by atoms with E-state index in [4.69, 9.17) is 5.11 Å². The smallest absolute Gasteiger partial charge is 0.326 e. The van der Waals surface area contributed by atoms with E-state index in [1.54, 1.807) is 6.92 Å². The summed E-state index contributed by atoms with van der Waals surface area (Å²) in [6.45, 7) is 1.97. The van der Waals surface area contributed by atoms with Crippen molar-refractivity contribution in [2.24, 2.45) is 0 Å². The molecule has 1 saturated heterocycles. The lowest BCUT2D eigenvalue weighted by molar-refractivity contribution is -0.151. The summed E-state index contributed by atoms with van der Waals surface area (Å²) < 4.78 is 0. The summed E-state index contributed by atoms with van der Waals surface area (Å²) in [5, 5.41) is 8.78. The largest absolute Gasteiger partial charge is 0.480 e. The van der Waals surface area contributed by atoms with Gasteiger partial charge in [-0.2, -0.15) is 0 Å². The molecule has 5 heteroatoms. The van der Waals surface area contributed by atoms with Crippen LogP contribution in [0, 0.1) is 0 Å². The zero-order valence-electron chi connectivity index (χ0n) is 8.02. The third kappa shape index (κ3) is 1.92. The summed E-state index contributed by atoms with van der Waals surface area (Å²) in [7, 11) is 0. The van der Waals surface area contributed by atoms with Crippen molar-refractivity contribution in [1.82, 2.24) is 4.90 Å². The van der Waals surface area contributed by atoms with E-state index in [2.05, 4.69) is 0 Å². The third-order valence-corrected chi connectivity index (χ3v) is 2.36. The van der Waals surface area contributed by atoms with Crippen LogP contribution in [0.1, 0.15) is 26.2 Å². The molecule has 1 aliphatic rings. The summed E-state index contributed by atoms with van der Waals surface area (Å²) in [5.41, 5.74) is 0. The van der Waals surface area contributed by atoms with Gasteiger partial charge in [0.05, 0.1) is 0 Å². The first-order valence-corrected chi connectivity index (χ1v) is 4.64. The fourth-order valence-electron chi connectivity index (χ4n) is 1.58. The molecule has 0 radical (unpaired) electrons. The number of Topliss-reactive ketones (excluding diaryl/α,β-unsaturated/α-hetero) is 1. The molecule has 1 amide bonds. The van der Waals surface area contributed by atoms with Gasteiger partial charge in [-0.25, -0.2) is 4.79 Å². The van der Waals surface area contributed by atoms with Crippen LogP contribution in [0.5, 0.6) is 0 Å². The van der Waals surface area contributed by atoms with Gasteiger partial charge in [-0.1, -0.05) is 6.92 Å². The molecule has 1 N–H and O–H groups in total. The van der Waals surface area contributed by atoms with Crippen LogP contribution in [0.2, 0.25) is 0 Å². The Morgan fingerprint density at radius 2 is 2.07 bits per heavy atom. The first kappa shape index (κ1) is 10.7. The fourth-order valence-corrected chi connectivity index (χ4v) is 1.58. The Morgan fingerprint density at radius 3 is 2.57 bits per heavy atom. The average molecular weight is 199 g/mol. The Hall–Kier alpha value is -1.39. The average Bonchev–Trinajstić information content (AvgIpc) is 2.63. The molecule has 78 valence electrons. The monoisotopic (exact) mass is 199 g/mol. The van der Waals surface area contributed by atoms with E-state index in [-0.39, 0.29) is 6.42 Å². The lowest BCUT2D eigenvalue weighted by Gasteiger charge is -2.19. The molecule has 0 bridgehead atoms. The molecule has 0 aromatic carbocycles. The standard InChI is InChI=1S/C9H13NO4/c1-2-7(11)8(12)10-5-3-4-6(10)9(13)14/h6H,2-5H2,1H3,(H,13,14). The number of carboxylic acids is 1. The molecule has 1 aliphatic heterocycles. The summed E-state index contributed by atoms with van der Waals surface area (Å²) in [4.78, 5) is 34.4. The maximum atomic E-state index is 11.4. The number of carbonyl (C=O) groups excluding carboxylic acids is 2. The number of likely N-dealkylation sites (tertiary alicyclic amines) is 1. The molecule has 0 spiro atoms. The van der Waals surface area contributed by atoms with E-state index in [1.807, 2.05) is 0 Å². The summed E-state index contributed by atoms with van der Waals surface area (Å²) in [6, 6.07) is -0.807. The maximum absolute atomic E-state index is 11.4. The molecule has 5 nitrogen and oxygen atoms in total. The minimum absolute atomic E-state index is 0.127. The molecule has 14 heavy (non-hydrogen) atoms. The molecular formula is C9H13NO4. The van der Waals surface area contributed by atoms with Crippen molar-refractivity contribution in [3.63, 3.8) is 0 Å². The molecule has 1 unspecified atom stereocenters. The minimum atomic E-state index is -1.03. The fraction of sp³-hybridized carbons (Fsp3) is 0.667. The Labute approximate surface area is 81.7 Å². The SMILES string of the molecule is CCC(=O)C(=O)N1CCCC1C(=O)O. The van der Waals surface area contributed by atoms with Crippen LogP contribution in [-0.2, 0) is 14.4 Å². The Bertz CT molecular complexity index is 274. The van der Waals surface area contributed by atoms with Crippen molar-refractivity contribution in [2.75, 3.05) is 6.54 Å². The second-order valence-corrected chi connectivity index (χ2v) is 3.27. The number of amides is 1. The first-order valence-electron chi connectivity index (χ1n) is 4.64. The molecule has 1 fully saturated rings. The van der Waals surface area contributed by atoms with Crippen molar-refractivity contribution in [3.05, 3.63) is 0 Å². The predicted octanol–water partition coefficient (Wildman–Crippen LogP) is 0.0411. The second-order valence-electron chi connectivity index (χ2n) is 3.27. The van der Waals surface area contributed by atoms with E-state index < -0.39 is 23.7 Å². The lowest BCUT2D eigenvalue weighted by atomic mass is 10.2. The van der Waals surface area contributed by atoms with Gasteiger partial charge in [0.1, 0.15) is 6.04 Å². The highest BCUT2D eigenvalue weighted by Gasteiger charge is 2.35. The highest BCUT2D eigenvalue weighted by atomic mass is 16.4. The van der Waals surface area contributed by atoms with Gasteiger partial charge < -0.3 is 10.0 Å². The highest BCUT2D eigenvalue weighted by Crippen LogP contribution is 2.17. The molecular weight excluding hydrogens is 186 g/mol. The molecule has 0 aromatic heterocycles. The molecule has 1 rings (SSSR count). The number of carbonyl (C=O) groups is 3. The molecule has 0 saturated carbocycles. The number of carboxylic acid groups (broad SMARTS) is 1. The minimum Gasteiger partial charge on any atom is -0.480 e. The van der Waals surface area contributed by atoms with E-state index in [1.165, 1.54) is 0 Å². The van der Waals surface area contributed by atoms with Crippen LogP contribution in [-0.4, -0.2) is 40.3 Å². The van der Waals surface area contributed by atoms with Crippen LogP contribution in [0.15, 0.2) is 0 Å². The third-order valence-electron chi connectivity index (χ3n) is 2.36. The molecule has 1 atom stereocenters. The number of ketones is 1. The van der Waals surface area contributed by atoms with Gasteiger partial charge in [-0.3, -0.25) is 9.59 Å². The van der Waals surface area contributed by atoms with Gasteiger partial charge in [0.15, 0.2) is 0 Å². The predicted molar refractivity (Wildman–Crippen MR) is 47.7 cm³/mol. The number of rotatable bonds is 3. The van der Waals surface area contributed by atoms with Crippen molar-refractivity contribution < 1.29 is 19.5 Å². The van der Waals surface area contributed by atoms with Gasteiger partial charge in [0, 0.05) is 13.0 Å². The van der Waals surface area contributed by atoms with Crippen LogP contribution >= 0.6 is 0 Å². The highest BCUT2D eigenvalue weighted by molar-refractivity contribution is 6.36. The van der Waals surface area contributed by atoms with Crippen LogP contribution in [0.4, 0.5) is 0 Å². The van der Waals surface area contributed by atoms with E-state index >= 15 is 0 Å². The Kier molecular flexibility index (Phi) is 3.22. The lowest BCUT2D eigenvalue weighted by Crippen LogP contribution is -2.43. The summed E-state index contributed by atoms with van der Waals surface area (Å²) in [5.74, 6) is -2.20. The zero-order chi connectivity index (χ0) is 10.7. The Morgan fingerprint density at radius 1 is 1.43 bits per heavy atom. The number of nitrogens with zero attached hydrogens (tertiary/aromatic N) is 1. The van der Waals surface area contributed by atoms with Gasteiger partial charge in [0.25, 0.3) is 5.91 Å². The first-order chi connectivity index (χ1) is 6.57. The molecule has 0 aliphatic carbocycles. The van der Waals surface area contributed by atoms with E-state index in [0.29, 0.717) is 19.4 Å². The van der Waals surface area contributed by atoms with Gasteiger partial charge in [-0.05, 0) is 12.8 Å². The van der Waals surface area contributed by atoms with Crippen molar-refractivity contribution in [2.45, 2.75) is 32.2 Å². The van der Waals surface area contributed by atoms with Gasteiger partial charge >= 0.3 is 5.97 Å². The second kappa shape index (κ2) is 4.21. The number of hydrogen-bond donors (Lipinski definition) is 1. The van der Waals surface area contributed by atoms with E-state index in [0.717, 1.165) is 4.90 Å². The maximum Gasteiger partial charge on any atom is 0.326 e. The van der Waals surface area contributed by atoms with Crippen LogP contribution < -0.4 is 0 Å². The zero-order valence-corrected chi connectivity index (χ0v) is 8.02. The molecule has 0 aromatic rings. The quantitative estimate of drug-likeness (QED) is 0.651.